The van der Waals surface area contributed by atoms with E-state index in [0.29, 0.717) is 48.9 Å². The molecule has 1 amide bonds. The van der Waals surface area contributed by atoms with E-state index in [0.717, 1.165) is 21.2 Å². The Labute approximate surface area is 202 Å². The maximum absolute atomic E-state index is 13.7. The van der Waals surface area contributed by atoms with Crippen LogP contribution < -0.4 is 18.9 Å². The number of thioether (sulfide) groups is 1. The maximum atomic E-state index is 13.7. The first-order valence-electron chi connectivity index (χ1n) is 10.4. The van der Waals surface area contributed by atoms with Gasteiger partial charge in [0, 0.05) is 23.1 Å². The Hall–Kier alpha value is -2.06. The Bertz CT molecular complexity index is 993. The van der Waals surface area contributed by atoms with Gasteiger partial charge in [-0.2, -0.15) is 0 Å². The summed E-state index contributed by atoms with van der Waals surface area (Å²) in [5.74, 6) is 2.83. The van der Waals surface area contributed by atoms with Crippen LogP contribution in [0.15, 0.2) is 28.7 Å². The van der Waals surface area contributed by atoms with E-state index in [-0.39, 0.29) is 5.91 Å². The Kier molecular flexibility index (Phi) is 7.88. The van der Waals surface area contributed by atoms with Crippen molar-refractivity contribution in [2.75, 3.05) is 41.2 Å². The van der Waals surface area contributed by atoms with Crippen molar-refractivity contribution in [1.82, 2.24) is 4.90 Å². The highest BCUT2D eigenvalue weighted by molar-refractivity contribution is 9.10. The Morgan fingerprint density at radius 2 is 1.69 bits per heavy atom. The summed E-state index contributed by atoms with van der Waals surface area (Å²) < 4.78 is 22.4. The molecule has 0 N–H and O–H groups in total. The number of carbonyl (C=O) groups is 1. The molecule has 3 rings (SSSR count). The van der Waals surface area contributed by atoms with E-state index in [1.165, 1.54) is 0 Å². The zero-order valence-corrected chi connectivity index (χ0v) is 21.8. The molecule has 1 aliphatic rings. The van der Waals surface area contributed by atoms with Gasteiger partial charge in [0.25, 0.3) is 0 Å². The SMILES string of the molecule is CCC1(SC)C(=O)N(CCc2cc(OC)c(OC)cc2Br)Cc2c1ccc(OC)c2OC. The van der Waals surface area contributed by atoms with Crippen molar-refractivity contribution in [3.05, 3.63) is 45.4 Å². The van der Waals surface area contributed by atoms with Crippen molar-refractivity contribution < 1.29 is 23.7 Å². The minimum absolute atomic E-state index is 0.129. The minimum Gasteiger partial charge on any atom is -0.493 e. The highest BCUT2D eigenvalue weighted by Gasteiger charge is 2.47. The number of fused-ring (bicyclic) bond motifs is 1. The van der Waals surface area contributed by atoms with Crippen molar-refractivity contribution >= 4 is 33.6 Å². The number of halogens is 1. The van der Waals surface area contributed by atoms with E-state index in [1.54, 1.807) is 40.2 Å². The monoisotopic (exact) mass is 523 g/mol. The summed E-state index contributed by atoms with van der Waals surface area (Å²) in [5, 5.41) is 0. The molecule has 0 fully saturated rings. The largest absolute Gasteiger partial charge is 0.493 e. The standard InChI is InChI=1S/C24H30BrNO5S/c1-7-24(32-6)17-8-9-19(28-2)22(31-5)16(17)14-26(23(24)27)11-10-15-12-20(29-3)21(30-4)13-18(15)25/h8-9,12-13H,7,10-11,14H2,1-6H3. The van der Waals surface area contributed by atoms with Crippen molar-refractivity contribution in [3.8, 4) is 23.0 Å². The van der Waals surface area contributed by atoms with Gasteiger partial charge in [-0.25, -0.2) is 0 Å². The van der Waals surface area contributed by atoms with Gasteiger partial charge < -0.3 is 23.8 Å². The molecule has 32 heavy (non-hydrogen) atoms. The smallest absolute Gasteiger partial charge is 0.243 e. The maximum Gasteiger partial charge on any atom is 0.243 e. The fourth-order valence-corrected chi connectivity index (χ4v) is 5.89. The number of nitrogens with zero attached hydrogens (tertiary/aromatic N) is 1. The first kappa shape index (κ1) is 24.6. The number of rotatable bonds is 9. The zero-order chi connectivity index (χ0) is 23.5. The summed E-state index contributed by atoms with van der Waals surface area (Å²) in [4.78, 5) is 15.7. The molecule has 0 saturated heterocycles. The fraction of sp³-hybridized carbons (Fsp3) is 0.458. The first-order chi connectivity index (χ1) is 15.4. The molecule has 0 bridgehead atoms. The second-order valence-electron chi connectivity index (χ2n) is 7.49. The molecule has 174 valence electrons. The summed E-state index contributed by atoms with van der Waals surface area (Å²) in [6, 6.07) is 7.75. The van der Waals surface area contributed by atoms with Crippen LogP contribution in [0.4, 0.5) is 0 Å². The molecule has 0 aromatic heterocycles. The summed E-state index contributed by atoms with van der Waals surface area (Å²) >= 11 is 5.21. The van der Waals surface area contributed by atoms with Gasteiger partial charge in [0.15, 0.2) is 23.0 Å². The van der Waals surface area contributed by atoms with Crippen molar-refractivity contribution in [2.24, 2.45) is 0 Å². The number of hydrogen-bond donors (Lipinski definition) is 0. The normalized spacial score (nSPS) is 17.7. The van der Waals surface area contributed by atoms with Gasteiger partial charge >= 0.3 is 0 Å². The lowest BCUT2D eigenvalue weighted by molar-refractivity contribution is -0.136. The second kappa shape index (κ2) is 10.3. The fourth-order valence-electron chi connectivity index (χ4n) is 4.37. The highest BCUT2D eigenvalue weighted by Crippen LogP contribution is 2.49. The van der Waals surface area contributed by atoms with Gasteiger partial charge in [-0.1, -0.05) is 28.9 Å². The van der Waals surface area contributed by atoms with Crippen molar-refractivity contribution in [1.29, 1.82) is 0 Å². The zero-order valence-electron chi connectivity index (χ0n) is 19.4. The number of hydrogen-bond acceptors (Lipinski definition) is 6. The van der Waals surface area contributed by atoms with E-state index in [2.05, 4.69) is 22.9 Å². The Balaban J connectivity index is 1.99. The third-order valence-electron chi connectivity index (χ3n) is 6.12. The molecule has 1 heterocycles. The molecular formula is C24H30BrNO5S. The first-order valence-corrected chi connectivity index (χ1v) is 12.4. The summed E-state index contributed by atoms with van der Waals surface area (Å²) in [6.45, 7) is 3.10. The number of ether oxygens (including phenoxy) is 4. The third-order valence-corrected chi connectivity index (χ3v) is 8.23. The van der Waals surface area contributed by atoms with Crippen LogP contribution in [0.5, 0.6) is 23.0 Å². The minimum atomic E-state index is -0.651. The number of carbonyl (C=O) groups excluding carboxylic acids is 1. The average Bonchev–Trinajstić information content (AvgIpc) is 2.82. The predicted molar refractivity (Wildman–Crippen MR) is 131 cm³/mol. The van der Waals surface area contributed by atoms with Crippen LogP contribution in [0.2, 0.25) is 0 Å². The highest BCUT2D eigenvalue weighted by atomic mass is 79.9. The molecule has 0 spiro atoms. The lowest BCUT2D eigenvalue weighted by Gasteiger charge is -2.42. The van der Waals surface area contributed by atoms with E-state index >= 15 is 0 Å². The van der Waals surface area contributed by atoms with Gasteiger partial charge in [0.05, 0.1) is 28.4 Å². The Morgan fingerprint density at radius 3 is 2.25 bits per heavy atom. The number of methoxy groups -OCH3 is 4. The molecule has 8 heteroatoms. The van der Waals surface area contributed by atoms with Crippen LogP contribution in [-0.2, 0) is 22.5 Å². The van der Waals surface area contributed by atoms with Gasteiger partial charge in [0.1, 0.15) is 4.75 Å². The molecule has 0 aliphatic carbocycles. The van der Waals surface area contributed by atoms with E-state index < -0.39 is 4.75 Å². The molecule has 0 saturated carbocycles. The van der Waals surface area contributed by atoms with Crippen LogP contribution in [-0.4, -0.2) is 52.0 Å². The van der Waals surface area contributed by atoms with Gasteiger partial charge in [0.2, 0.25) is 5.91 Å². The molecule has 6 nitrogen and oxygen atoms in total. The lowest BCUT2D eigenvalue weighted by atomic mass is 9.85. The number of benzene rings is 2. The van der Waals surface area contributed by atoms with Gasteiger partial charge in [-0.3, -0.25) is 4.79 Å². The summed E-state index contributed by atoms with van der Waals surface area (Å²) in [6.07, 6.45) is 3.35. The van der Waals surface area contributed by atoms with E-state index in [1.807, 2.05) is 35.4 Å². The second-order valence-corrected chi connectivity index (χ2v) is 9.45. The van der Waals surface area contributed by atoms with E-state index in [9.17, 15) is 4.79 Å². The van der Waals surface area contributed by atoms with E-state index in [4.69, 9.17) is 18.9 Å². The predicted octanol–water partition coefficient (Wildman–Crippen LogP) is 5.04. The quantitative estimate of drug-likeness (QED) is 0.459. The molecule has 2 aromatic carbocycles. The van der Waals surface area contributed by atoms with Crippen LogP contribution in [0.1, 0.15) is 30.0 Å². The van der Waals surface area contributed by atoms with Crippen LogP contribution in [0.3, 0.4) is 0 Å². The molecule has 1 aliphatic heterocycles. The van der Waals surface area contributed by atoms with Crippen molar-refractivity contribution in [3.63, 3.8) is 0 Å². The van der Waals surface area contributed by atoms with Crippen LogP contribution in [0.25, 0.3) is 0 Å². The molecule has 0 radical (unpaired) electrons. The third kappa shape index (κ3) is 4.15. The average molecular weight is 524 g/mol. The molecule has 1 atom stereocenters. The molecule has 2 aromatic rings. The van der Waals surface area contributed by atoms with Crippen LogP contribution >= 0.6 is 27.7 Å². The lowest BCUT2D eigenvalue weighted by Crippen LogP contribution is -2.49. The summed E-state index contributed by atoms with van der Waals surface area (Å²) in [5.41, 5.74) is 3.07. The molecular weight excluding hydrogens is 494 g/mol. The number of amides is 1. The van der Waals surface area contributed by atoms with Gasteiger partial charge in [-0.05, 0) is 48.4 Å². The topological polar surface area (TPSA) is 57.2 Å². The van der Waals surface area contributed by atoms with Gasteiger partial charge in [-0.15, -0.1) is 11.8 Å². The molecule has 1 unspecified atom stereocenters. The van der Waals surface area contributed by atoms with Crippen molar-refractivity contribution in [2.45, 2.75) is 31.1 Å². The Morgan fingerprint density at radius 1 is 1.03 bits per heavy atom. The summed E-state index contributed by atoms with van der Waals surface area (Å²) in [7, 11) is 6.51. The van der Waals surface area contributed by atoms with Crippen LogP contribution in [0, 0.1) is 0 Å².